The van der Waals surface area contributed by atoms with Crippen molar-refractivity contribution in [2.75, 3.05) is 13.2 Å². The van der Waals surface area contributed by atoms with Crippen LogP contribution in [-0.4, -0.2) is 44.9 Å². The molecule has 0 saturated heterocycles. The normalized spacial score (nSPS) is 11.0. The molecule has 6 nitrogen and oxygen atoms in total. The summed E-state index contributed by atoms with van der Waals surface area (Å²) in [7, 11) is 0. The number of hydrogen-bond acceptors (Lipinski definition) is 4. The molecule has 1 amide bonds. The minimum atomic E-state index is -0.208. The van der Waals surface area contributed by atoms with E-state index in [-0.39, 0.29) is 24.3 Å². The Kier molecular flexibility index (Phi) is 4.57. The Morgan fingerprint density at radius 1 is 1.50 bits per heavy atom. The fourth-order valence-corrected chi connectivity index (χ4v) is 1.98. The summed E-state index contributed by atoms with van der Waals surface area (Å²) in [4.78, 5) is 13.9. The van der Waals surface area contributed by atoms with Gasteiger partial charge in [0.05, 0.1) is 13.2 Å². The van der Waals surface area contributed by atoms with Crippen LogP contribution in [-0.2, 0) is 6.54 Å². The fourth-order valence-electron chi connectivity index (χ4n) is 1.98. The van der Waals surface area contributed by atoms with Crippen LogP contribution in [0, 0.1) is 0 Å². The van der Waals surface area contributed by atoms with E-state index in [1.807, 2.05) is 26.1 Å². The van der Waals surface area contributed by atoms with Crippen LogP contribution in [0.25, 0.3) is 0 Å². The molecule has 0 bridgehead atoms. The van der Waals surface area contributed by atoms with Crippen molar-refractivity contribution in [3.05, 3.63) is 42.1 Å². The van der Waals surface area contributed by atoms with Crippen molar-refractivity contribution in [2.45, 2.75) is 26.4 Å². The van der Waals surface area contributed by atoms with Gasteiger partial charge in [0.1, 0.15) is 5.76 Å². The molecule has 1 N–H and O–H groups in total. The number of nitrogens with zero attached hydrogens (tertiary/aromatic N) is 3. The van der Waals surface area contributed by atoms with Gasteiger partial charge in [-0.3, -0.25) is 9.48 Å². The minimum absolute atomic E-state index is 0.00863. The number of furan rings is 1. The van der Waals surface area contributed by atoms with E-state index >= 15 is 0 Å². The van der Waals surface area contributed by atoms with Crippen LogP contribution in [0.5, 0.6) is 0 Å². The molecule has 108 valence electrons. The molecular weight excluding hydrogens is 258 g/mol. The first-order valence-electron chi connectivity index (χ1n) is 6.59. The summed E-state index contributed by atoms with van der Waals surface area (Å²) < 4.78 is 7.29. The van der Waals surface area contributed by atoms with Gasteiger partial charge in [-0.1, -0.05) is 0 Å². The zero-order valence-corrected chi connectivity index (χ0v) is 11.7. The molecule has 0 atom stereocenters. The van der Waals surface area contributed by atoms with E-state index in [2.05, 4.69) is 5.10 Å². The summed E-state index contributed by atoms with van der Waals surface area (Å²) in [6, 6.07) is 5.27. The fraction of sp³-hybridized carbons (Fsp3) is 0.429. The first kappa shape index (κ1) is 14.3. The molecule has 2 aromatic heterocycles. The number of carbonyl (C=O) groups excluding carboxylic acids is 1. The van der Waals surface area contributed by atoms with Gasteiger partial charge in [0, 0.05) is 25.0 Å². The van der Waals surface area contributed by atoms with E-state index in [0.29, 0.717) is 18.8 Å². The second-order valence-electron chi connectivity index (χ2n) is 4.79. The second kappa shape index (κ2) is 6.38. The van der Waals surface area contributed by atoms with Crippen LogP contribution >= 0.6 is 0 Å². The maximum Gasteiger partial charge on any atom is 0.289 e. The van der Waals surface area contributed by atoms with Gasteiger partial charge < -0.3 is 14.4 Å². The Labute approximate surface area is 117 Å². The van der Waals surface area contributed by atoms with E-state index in [1.165, 1.54) is 0 Å². The highest BCUT2D eigenvalue weighted by Gasteiger charge is 2.21. The molecule has 2 rings (SSSR count). The van der Waals surface area contributed by atoms with E-state index in [9.17, 15) is 4.79 Å². The van der Waals surface area contributed by atoms with Crippen LogP contribution in [0.2, 0.25) is 0 Å². The largest absolute Gasteiger partial charge is 0.454 e. The lowest BCUT2D eigenvalue weighted by Crippen LogP contribution is -2.38. The first-order chi connectivity index (χ1) is 9.61. The zero-order valence-electron chi connectivity index (χ0n) is 11.7. The number of amides is 1. The smallest absolute Gasteiger partial charge is 0.289 e. The lowest BCUT2D eigenvalue weighted by Gasteiger charge is -2.24. The number of carbonyl (C=O) groups is 1. The van der Waals surface area contributed by atoms with Crippen molar-refractivity contribution < 1.29 is 14.3 Å². The van der Waals surface area contributed by atoms with Crippen LogP contribution in [0.3, 0.4) is 0 Å². The Balaban J connectivity index is 2.09. The molecule has 2 heterocycles. The molecule has 0 spiro atoms. The maximum atomic E-state index is 12.3. The molecule has 2 aromatic rings. The molecule has 0 aliphatic heterocycles. The first-order valence-corrected chi connectivity index (χ1v) is 6.59. The molecule has 20 heavy (non-hydrogen) atoms. The van der Waals surface area contributed by atoms with Crippen LogP contribution in [0.1, 0.15) is 30.2 Å². The van der Waals surface area contributed by atoms with Gasteiger partial charge in [-0.15, -0.1) is 0 Å². The van der Waals surface area contributed by atoms with Crippen molar-refractivity contribution in [3.63, 3.8) is 0 Å². The van der Waals surface area contributed by atoms with E-state index in [1.54, 1.807) is 27.9 Å². The van der Waals surface area contributed by atoms with Gasteiger partial charge in [-0.05, 0) is 32.0 Å². The Morgan fingerprint density at radius 3 is 2.90 bits per heavy atom. The van der Waals surface area contributed by atoms with Gasteiger partial charge in [0.15, 0.2) is 5.76 Å². The third-order valence-electron chi connectivity index (χ3n) is 2.97. The van der Waals surface area contributed by atoms with Gasteiger partial charge in [0.2, 0.25) is 0 Å². The highest BCUT2D eigenvalue weighted by atomic mass is 16.4. The third-order valence-corrected chi connectivity index (χ3v) is 2.97. The van der Waals surface area contributed by atoms with E-state index in [4.69, 9.17) is 9.52 Å². The molecule has 0 saturated carbocycles. The third kappa shape index (κ3) is 3.27. The van der Waals surface area contributed by atoms with Crippen LogP contribution in [0.4, 0.5) is 0 Å². The summed E-state index contributed by atoms with van der Waals surface area (Å²) in [6.07, 6.45) is 3.52. The van der Waals surface area contributed by atoms with Crippen LogP contribution < -0.4 is 0 Å². The highest BCUT2D eigenvalue weighted by molar-refractivity contribution is 5.91. The van der Waals surface area contributed by atoms with Gasteiger partial charge in [-0.25, -0.2) is 0 Å². The maximum absolute atomic E-state index is 12.3. The highest BCUT2D eigenvalue weighted by Crippen LogP contribution is 2.13. The number of rotatable bonds is 6. The summed E-state index contributed by atoms with van der Waals surface area (Å²) in [5.41, 5.74) is 0. The molecule has 0 radical (unpaired) electrons. The number of hydrogen-bond donors (Lipinski definition) is 1. The molecule has 0 aliphatic carbocycles. The average Bonchev–Trinajstić information content (AvgIpc) is 3.07. The summed E-state index contributed by atoms with van der Waals surface area (Å²) in [5.74, 6) is 0.750. The predicted octanol–water partition coefficient (Wildman–Crippen LogP) is 1.37. The van der Waals surface area contributed by atoms with E-state index < -0.39 is 0 Å². The molecule has 0 unspecified atom stereocenters. The number of aliphatic hydroxyl groups excluding tert-OH is 1. The quantitative estimate of drug-likeness (QED) is 0.865. The predicted molar refractivity (Wildman–Crippen MR) is 73.3 cm³/mol. The van der Waals surface area contributed by atoms with Gasteiger partial charge >= 0.3 is 0 Å². The Hall–Kier alpha value is -2.08. The van der Waals surface area contributed by atoms with Crippen molar-refractivity contribution in [1.29, 1.82) is 0 Å². The molecule has 0 aromatic carbocycles. The lowest BCUT2D eigenvalue weighted by molar-refractivity contribution is 0.0631. The SMILES string of the molecule is CC(C)N(CCO)C(=O)c1ccc(Cn2cccn2)o1. The summed E-state index contributed by atoms with van der Waals surface area (Å²) >= 11 is 0. The summed E-state index contributed by atoms with van der Waals surface area (Å²) in [5, 5.41) is 13.1. The topological polar surface area (TPSA) is 71.5 Å². The van der Waals surface area contributed by atoms with Gasteiger partial charge in [-0.2, -0.15) is 5.10 Å². The van der Waals surface area contributed by atoms with E-state index in [0.717, 1.165) is 0 Å². The standard InChI is InChI=1S/C14H19N3O3/c1-11(2)17(8-9-18)14(19)13-5-4-12(20-13)10-16-7-3-6-15-16/h3-7,11,18H,8-10H2,1-2H3. The monoisotopic (exact) mass is 277 g/mol. The number of aliphatic hydroxyl groups is 1. The van der Waals surface area contributed by atoms with Crippen molar-refractivity contribution in [1.82, 2.24) is 14.7 Å². The lowest BCUT2D eigenvalue weighted by atomic mass is 10.3. The molecule has 6 heteroatoms. The zero-order chi connectivity index (χ0) is 14.5. The molecule has 0 aliphatic rings. The van der Waals surface area contributed by atoms with Crippen molar-refractivity contribution in [2.24, 2.45) is 0 Å². The molecule has 0 fully saturated rings. The van der Waals surface area contributed by atoms with Gasteiger partial charge in [0.25, 0.3) is 5.91 Å². The minimum Gasteiger partial charge on any atom is -0.454 e. The average molecular weight is 277 g/mol. The summed E-state index contributed by atoms with van der Waals surface area (Å²) in [6.45, 7) is 4.53. The van der Waals surface area contributed by atoms with Crippen LogP contribution in [0.15, 0.2) is 35.0 Å². The molecular formula is C14H19N3O3. The van der Waals surface area contributed by atoms with Crippen molar-refractivity contribution >= 4 is 5.91 Å². The van der Waals surface area contributed by atoms with Crippen molar-refractivity contribution in [3.8, 4) is 0 Å². The number of aromatic nitrogens is 2. The second-order valence-corrected chi connectivity index (χ2v) is 4.79. The Morgan fingerprint density at radius 2 is 2.30 bits per heavy atom. The Bertz CT molecular complexity index is 546.